The van der Waals surface area contributed by atoms with Gasteiger partial charge in [0.25, 0.3) is 0 Å². The van der Waals surface area contributed by atoms with Crippen molar-refractivity contribution in [2.45, 2.75) is 12.6 Å². The highest BCUT2D eigenvalue weighted by Gasteiger charge is 2.30. The van der Waals surface area contributed by atoms with Crippen molar-refractivity contribution in [3.63, 3.8) is 0 Å². The Labute approximate surface area is 90.6 Å². The van der Waals surface area contributed by atoms with Crippen LogP contribution in [0.2, 0.25) is 0 Å². The molecule has 0 aliphatic rings. The molecule has 0 fully saturated rings. The zero-order chi connectivity index (χ0) is 12.2. The first-order valence-corrected chi connectivity index (χ1v) is 4.61. The smallest absolute Gasteiger partial charge is 0.327 e. The molecule has 0 spiro atoms. The Kier molecular flexibility index (Phi) is 4.06. The maximum atomic E-state index is 12.4. The van der Waals surface area contributed by atoms with Crippen LogP contribution in [0.1, 0.15) is 11.1 Å². The van der Waals surface area contributed by atoms with Gasteiger partial charge in [0.05, 0.1) is 11.9 Å². The predicted molar refractivity (Wildman–Crippen MR) is 53.4 cm³/mol. The summed E-state index contributed by atoms with van der Waals surface area (Å²) in [7, 11) is 0. The van der Waals surface area contributed by atoms with Crippen LogP contribution in [0.4, 0.5) is 17.6 Å². The molecule has 0 radical (unpaired) electrons. The normalized spacial score (nSPS) is 12.9. The summed E-state index contributed by atoms with van der Waals surface area (Å²) in [5.41, 5.74) is 5.14. The summed E-state index contributed by atoms with van der Waals surface area (Å²) >= 11 is 0. The third-order valence-electron chi connectivity index (χ3n) is 2.10. The van der Waals surface area contributed by atoms with Crippen LogP contribution in [-0.2, 0) is 12.6 Å². The number of alkyl halides is 3. The average molecular weight is 233 g/mol. The van der Waals surface area contributed by atoms with E-state index < -0.39 is 11.7 Å². The molecule has 88 valence electrons. The first-order chi connectivity index (χ1) is 7.47. The van der Waals surface area contributed by atoms with Gasteiger partial charge in [-0.25, -0.2) is 4.39 Å². The lowest BCUT2D eigenvalue weighted by atomic mass is 10.0. The van der Waals surface area contributed by atoms with Gasteiger partial charge in [0, 0.05) is 6.54 Å². The molecular formula is C11H11F4N. The topological polar surface area (TPSA) is 26.0 Å². The second-order valence-corrected chi connectivity index (χ2v) is 3.35. The molecule has 0 bridgehead atoms. The molecule has 0 amide bonds. The molecule has 0 saturated carbocycles. The highest BCUT2D eigenvalue weighted by Crippen LogP contribution is 2.29. The van der Waals surface area contributed by atoms with E-state index in [1.54, 1.807) is 0 Å². The minimum absolute atomic E-state index is 0.00720. The highest BCUT2D eigenvalue weighted by atomic mass is 19.4. The molecule has 1 aromatic carbocycles. The van der Waals surface area contributed by atoms with E-state index in [2.05, 4.69) is 0 Å². The molecule has 0 unspecified atom stereocenters. The lowest BCUT2D eigenvalue weighted by molar-refractivity contribution is -0.137. The number of halogens is 4. The van der Waals surface area contributed by atoms with E-state index in [0.717, 1.165) is 12.1 Å². The van der Waals surface area contributed by atoms with Gasteiger partial charge in [0.1, 0.15) is 0 Å². The molecule has 2 N–H and O–H groups in total. The van der Waals surface area contributed by atoms with Crippen molar-refractivity contribution in [3.8, 4) is 0 Å². The zero-order valence-electron chi connectivity index (χ0n) is 8.39. The van der Waals surface area contributed by atoms with Gasteiger partial charge < -0.3 is 5.73 Å². The average Bonchev–Trinajstić information content (AvgIpc) is 2.25. The molecular weight excluding hydrogens is 222 g/mol. The Balaban J connectivity index is 2.91. The Morgan fingerprint density at radius 3 is 2.50 bits per heavy atom. The lowest BCUT2D eigenvalue weighted by Crippen LogP contribution is -2.08. The van der Waals surface area contributed by atoms with Crippen LogP contribution in [0.25, 0.3) is 0 Å². The van der Waals surface area contributed by atoms with Crippen LogP contribution in [0.5, 0.6) is 0 Å². The molecule has 0 atom stereocenters. The third kappa shape index (κ3) is 3.34. The monoisotopic (exact) mass is 233 g/mol. The minimum atomic E-state index is -4.38. The van der Waals surface area contributed by atoms with Crippen molar-refractivity contribution in [1.29, 1.82) is 0 Å². The number of benzene rings is 1. The van der Waals surface area contributed by atoms with Crippen LogP contribution >= 0.6 is 0 Å². The first kappa shape index (κ1) is 12.7. The van der Waals surface area contributed by atoms with Crippen molar-refractivity contribution < 1.29 is 17.6 Å². The predicted octanol–water partition coefficient (Wildman–Crippen LogP) is 3.06. The van der Waals surface area contributed by atoms with Crippen molar-refractivity contribution in [1.82, 2.24) is 0 Å². The van der Waals surface area contributed by atoms with Crippen molar-refractivity contribution >= 4 is 0 Å². The molecule has 5 heteroatoms. The van der Waals surface area contributed by atoms with Gasteiger partial charge >= 0.3 is 6.18 Å². The van der Waals surface area contributed by atoms with E-state index in [9.17, 15) is 17.6 Å². The molecule has 1 aromatic rings. The third-order valence-corrected chi connectivity index (χ3v) is 2.10. The van der Waals surface area contributed by atoms with E-state index in [-0.39, 0.29) is 18.5 Å². The van der Waals surface area contributed by atoms with Crippen molar-refractivity contribution in [3.05, 3.63) is 47.3 Å². The maximum Gasteiger partial charge on any atom is 0.416 e. The van der Waals surface area contributed by atoms with Crippen molar-refractivity contribution in [2.24, 2.45) is 5.73 Å². The van der Waals surface area contributed by atoms with Crippen LogP contribution in [0, 0.1) is 0 Å². The summed E-state index contributed by atoms with van der Waals surface area (Å²) in [4.78, 5) is 0. The number of hydrogen-bond acceptors (Lipinski definition) is 1. The standard InChI is InChI=1S/C11H11F4N/c12-6-9(7-16)4-8-2-1-3-10(5-8)11(13,14)15/h1-3,5-6H,4,7,16H2/b9-6-. The second kappa shape index (κ2) is 5.12. The first-order valence-electron chi connectivity index (χ1n) is 4.61. The van der Waals surface area contributed by atoms with E-state index in [4.69, 9.17) is 5.73 Å². The maximum absolute atomic E-state index is 12.4. The Morgan fingerprint density at radius 2 is 2.00 bits per heavy atom. The fourth-order valence-electron chi connectivity index (χ4n) is 1.28. The van der Waals surface area contributed by atoms with E-state index >= 15 is 0 Å². The van der Waals surface area contributed by atoms with Crippen LogP contribution < -0.4 is 5.73 Å². The molecule has 1 rings (SSSR count). The van der Waals surface area contributed by atoms with Gasteiger partial charge in [-0.1, -0.05) is 18.2 Å². The Bertz CT molecular complexity index is 382. The molecule has 0 saturated heterocycles. The quantitative estimate of drug-likeness (QED) is 0.798. The molecule has 1 nitrogen and oxygen atoms in total. The van der Waals surface area contributed by atoms with Crippen LogP contribution in [0.15, 0.2) is 36.2 Å². The Hall–Kier alpha value is -1.36. The fourth-order valence-corrected chi connectivity index (χ4v) is 1.28. The largest absolute Gasteiger partial charge is 0.416 e. The second-order valence-electron chi connectivity index (χ2n) is 3.35. The molecule has 0 aliphatic heterocycles. The summed E-state index contributed by atoms with van der Waals surface area (Å²) in [5, 5.41) is 0. The highest BCUT2D eigenvalue weighted by molar-refractivity contribution is 5.28. The van der Waals surface area contributed by atoms with Gasteiger partial charge in [-0.15, -0.1) is 0 Å². The number of rotatable bonds is 3. The van der Waals surface area contributed by atoms with Gasteiger partial charge in [-0.05, 0) is 23.6 Å². The van der Waals surface area contributed by atoms with Crippen LogP contribution in [0.3, 0.4) is 0 Å². The fraction of sp³-hybridized carbons (Fsp3) is 0.273. The minimum Gasteiger partial charge on any atom is -0.327 e. The molecule has 0 heterocycles. The van der Waals surface area contributed by atoms with E-state index in [0.29, 0.717) is 11.9 Å². The zero-order valence-corrected chi connectivity index (χ0v) is 8.39. The van der Waals surface area contributed by atoms with Gasteiger partial charge in [0.2, 0.25) is 0 Å². The SMILES string of the molecule is NC/C(=C\F)Cc1cccc(C(F)(F)F)c1. The summed E-state index contributed by atoms with van der Waals surface area (Å²) in [6, 6.07) is 4.78. The Morgan fingerprint density at radius 1 is 1.31 bits per heavy atom. The summed E-state index contributed by atoms with van der Waals surface area (Å²) in [5.74, 6) is 0. The van der Waals surface area contributed by atoms with Crippen LogP contribution in [-0.4, -0.2) is 6.54 Å². The van der Waals surface area contributed by atoms with Gasteiger partial charge in [0.15, 0.2) is 0 Å². The number of hydrogen-bond donors (Lipinski definition) is 1. The molecule has 0 aliphatic carbocycles. The summed E-state index contributed by atoms with van der Waals surface area (Å²) < 4.78 is 49.3. The van der Waals surface area contributed by atoms with E-state index in [1.165, 1.54) is 12.1 Å². The van der Waals surface area contributed by atoms with E-state index in [1.807, 2.05) is 0 Å². The summed E-state index contributed by atoms with van der Waals surface area (Å²) in [6.45, 7) is -0.00720. The molecule has 16 heavy (non-hydrogen) atoms. The summed E-state index contributed by atoms with van der Waals surface area (Å²) in [6.07, 6.45) is -3.95. The molecule has 0 aromatic heterocycles. The van der Waals surface area contributed by atoms with Gasteiger partial charge in [-0.2, -0.15) is 13.2 Å². The van der Waals surface area contributed by atoms with Crippen molar-refractivity contribution in [2.75, 3.05) is 6.54 Å². The number of nitrogens with two attached hydrogens (primary N) is 1. The lowest BCUT2D eigenvalue weighted by Gasteiger charge is -2.09. The van der Waals surface area contributed by atoms with Gasteiger partial charge in [-0.3, -0.25) is 0 Å².